The highest BCUT2D eigenvalue weighted by Crippen LogP contribution is 2.19. The van der Waals surface area contributed by atoms with Gasteiger partial charge < -0.3 is 14.5 Å². The molecule has 0 N–H and O–H groups in total. The van der Waals surface area contributed by atoms with Crippen LogP contribution >= 0.6 is 0 Å². The Balaban J connectivity index is 2.08. The zero-order valence-electron chi connectivity index (χ0n) is 15.3. The number of carbonyl (C=O) groups is 3. The van der Waals surface area contributed by atoms with Crippen molar-refractivity contribution < 1.29 is 19.1 Å². The molecule has 0 aliphatic carbocycles. The van der Waals surface area contributed by atoms with Crippen molar-refractivity contribution in [1.29, 1.82) is 0 Å². The molecule has 1 saturated heterocycles. The molecule has 1 heterocycles. The van der Waals surface area contributed by atoms with Gasteiger partial charge in [0.1, 0.15) is 25.7 Å². The van der Waals surface area contributed by atoms with Crippen LogP contribution in [0, 0.1) is 5.92 Å². The fraction of sp³-hybridized carbons (Fsp3) is 0.526. The van der Waals surface area contributed by atoms with E-state index in [4.69, 9.17) is 4.74 Å². The number of ether oxygens (including phenoxy) is 1. The molecule has 1 unspecified atom stereocenters. The predicted octanol–water partition coefficient (Wildman–Crippen LogP) is 1.83. The number of benzene rings is 1. The third kappa shape index (κ3) is 4.59. The first-order valence-electron chi connectivity index (χ1n) is 8.60. The lowest BCUT2D eigenvalue weighted by atomic mass is 10.0. The molecule has 0 aromatic heterocycles. The largest absolute Gasteiger partial charge is 0.459 e. The number of piperazine rings is 1. The van der Waals surface area contributed by atoms with E-state index >= 15 is 0 Å². The average molecular weight is 346 g/mol. The van der Waals surface area contributed by atoms with Crippen molar-refractivity contribution in [3.05, 3.63) is 35.9 Å². The van der Waals surface area contributed by atoms with Crippen LogP contribution in [0.2, 0.25) is 0 Å². The SMILES string of the molecule is CC(C)C(C(=O)OCc1ccccc1)N1CC(=O)N(C(C)C)CC1=O. The summed E-state index contributed by atoms with van der Waals surface area (Å²) in [5.74, 6) is -0.983. The van der Waals surface area contributed by atoms with Crippen LogP contribution in [-0.2, 0) is 25.7 Å². The summed E-state index contributed by atoms with van der Waals surface area (Å²) in [7, 11) is 0. The van der Waals surface area contributed by atoms with E-state index in [1.54, 1.807) is 0 Å². The first-order valence-corrected chi connectivity index (χ1v) is 8.60. The third-order valence-corrected chi connectivity index (χ3v) is 4.31. The van der Waals surface area contributed by atoms with Gasteiger partial charge in [-0.2, -0.15) is 0 Å². The summed E-state index contributed by atoms with van der Waals surface area (Å²) >= 11 is 0. The Morgan fingerprint density at radius 3 is 2.12 bits per heavy atom. The Labute approximate surface area is 148 Å². The second kappa shape index (κ2) is 8.14. The van der Waals surface area contributed by atoms with Gasteiger partial charge in [0.15, 0.2) is 0 Å². The summed E-state index contributed by atoms with van der Waals surface area (Å²) in [5, 5.41) is 0. The summed E-state index contributed by atoms with van der Waals surface area (Å²) in [6.07, 6.45) is 0. The minimum atomic E-state index is -0.755. The van der Waals surface area contributed by atoms with E-state index in [1.165, 1.54) is 9.80 Å². The maximum atomic E-state index is 12.6. The van der Waals surface area contributed by atoms with E-state index < -0.39 is 12.0 Å². The second-order valence-corrected chi connectivity index (χ2v) is 6.92. The Morgan fingerprint density at radius 1 is 1.00 bits per heavy atom. The fourth-order valence-corrected chi connectivity index (χ4v) is 2.95. The van der Waals surface area contributed by atoms with Crippen molar-refractivity contribution in [1.82, 2.24) is 9.80 Å². The highest BCUT2D eigenvalue weighted by Gasteiger charge is 2.40. The van der Waals surface area contributed by atoms with Crippen LogP contribution in [0.15, 0.2) is 30.3 Å². The summed E-state index contributed by atoms with van der Waals surface area (Å²) in [5.41, 5.74) is 0.880. The van der Waals surface area contributed by atoms with Crippen LogP contribution in [0.4, 0.5) is 0 Å². The Bertz CT molecular complexity index is 628. The van der Waals surface area contributed by atoms with Gasteiger partial charge in [0.25, 0.3) is 0 Å². The highest BCUT2D eigenvalue weighted by atomic mass is 16.5. The zero-order valence-corrected chi connectivity index (χ0v) is 15.3. The van der Waals surface area contributed by atoms with Crippen LogP contribution < -0.4 is 0 Å². The molecule has 1 aromatic rings. The number of hydrogen-bond donors (Lipinski definition) is 0. The first kappa shape index (κ1) is 19.0. The van der Waals surface area contributed by atoms with Crippen molar-refractivity contribution in [2.45, 2.75) is 46.4 Å². The quantitative estimate of drug-likeness (QED) is 0.737. The van der Waals surface area contributed by atoms with Gasteiger partial charge in [-0.1, -0.05) is 44.2 Å². The minimum Gasteiger partial charge on any atom is -0.459 e. The van der Waals surface area contributed by atoms with Gasteiger partial charge in [-0.05, 0) is 25.3 Å². The molecule has 0 radical (unpaired) electrons. The summed E-state index contributed by atoms with van der Waals surface area (Å²) < 4.78 is 5.40. The molecule has 0 spiro atoms. The molecule has 1 atom stereocenters. The molecule has 1 aromatic carbocycles. The average Bonchev–Trinajstić information content (AvgIpc) is 2.56. The van der Waals surface area contributed by atoms with Gasteiger partial charge in [0, 0.05) is 6.04 Å². The molecule has 6 heteroatoms. The molecule has 2 amide bonds. The number of hydrogen-bond acceptors (Lipinski definition) is 4. The molecule has 6 nitrogen and oxygen atoms in total. The van der Waals surface area contributed by atoms with Crippen molar-refractivity contribution in [3.8, 4) is 0 Å². The van der Waals surface area contributed by atoms with Crippen LogP contribution in [0.3, 0.4) is 0 Å². The number of esters is 1. The van der Waals surface area contributed by atoms with Crippen molar-refractivity contribution in [2.75, 3.05) is 13.1 Å². The van der Waals surface area contributed by atoms with Gasteiger partial charge in [-0.25, -0.2) is 4.79 Å². The van der Waals surface area contributed by atoms with E-state index in [9.17, 15) is 14.4 Å². The van der Waals surface area contributed by atoms with E-state index in [-0.39, 0.29) is 43.5 Å². The van der Waals surface area contributed by atoms with Gasteiger partial charge >= 0.3 is 5.97 Å². The fourth-order valence-electron chi connectivity index (χ4n) is 2.95. The summed E-state index contributed by atoms with van der Waals surface area (Å²) in [4.78, 5) is 40.3. The maximum absolute atomic E-state index is 12.6. The van der Waals surface area contributed by atoms with Crippen molar-refractivity contribution >= 4 is 17.8 Å². The molecule has 25 heavy (non-hydrogen) atoms. The molecule has 1 aliphatic rings. The first-order chi connectivity index (χ1) is 11.8. The molecule has 136 valence electrons. The predicted molar refractivity (Wildman–Crippen MR) is 93.4 cm³/mol. The molecule has 2 rings (SSSR count). The standard InChI is InChI=1S/C19H26N2O4/c1-13(2)18(19(24)25-12-15-8-6-5-7-9-15)21-11-16(22)20(14(3)4)10-17(21)23/h5-9,13-14,18H,10-12H2,1-4H3. The third-order valence-electron chi connectivity index (χ3n) is 4.31. The lowest BCUT2D eigenvalue weighted by Crippen LogP contribution is -2.61. The topological polar surface area (TPSA) is 66.9 Å². The second-order valence-electron chi connectivity index (χ2n) is 6.92. The molecule has 0 bridgehead atoms. The van der Waals surface area contributed by atoms with E-state index in [0.717, 1.165) is 5.56 Å². The highest BCUT2D eigenvalue weighted by molar-refractivity contribution is 5.95. The van der Waals surface area contributed by atoms with Crippen LogP contribution in [-0.4, -0.2) is 52.8 Å². The number of nitrogens with zero attached hydrogens (tertiary/aromatic N) is 2. The van der Waals surface area contributed by atoms with E-state index in [1.807, 2.05) is 58.0 Å². The molecular formula is C19H26N2O4. The normalized spacial score (nSPS) is 16.6. The monoisotopic (exact) mass is 346 g/mol. The minimum absolute atomic E-state index is 0.00564. The summed E-state index contributed by atoms with van der Waals surface area (Å²) in [6.45, 7) is 7.51. The lowest BCUT2D eigenvalue weighted by Gasteiger charge is -2.40. The number of carbonyl (C=O) groups excluding carboxylic acids is 3. The van der Waals surface area contributed by atoms with E-state index in [0.29, 0.717) is 0 Å². The van der Waals surface area contributed by atoms with Crippen LogP contribution in [0.25, 0.3) is 0 Å². The number of amides is 2. The van der Waals surface area contributed by atoms with Crippen molar-refractivity contribution in [3.63, 3.8) is 0 Å². The van der Waals surface area contributed by atoms with Gasteiger partial charge in [-0.15, -0.1) is 0 Å². The maximum Gasteiger partial charge on any atom is 0.329 e. The Hall–Kier alpha value is -2.37. The smallest absolute Gasteiger partial charge is 0.329 e. The zero-order chi connectivity index (χ0) is 18.6. The Morgan fingerprint density at radius 2 is 1.56 bits per heavy atom. The van der Waals surface area contributed by atoms with Gasteiger partial charge in [0.05, 0.1) is 0 Å². The number of rotatable bonds is 6. The molecule has 1 fully saturated rings. The van der Waals surface area contributed by atoms with Crippen LogP contribution in [0.5, 0.6) is 0 Å². The van der Waals surface area contributed by atoms with Gasteiger partial charge in [0.2, 0.25) is 11.8 Å². The molecule has 1 aliphatic heterocycles. The lowest BCUT2D eigenvalue weighted by molar-refractivity contribution is -0.165. The van der Waals surface area contributed by atoms with Crippen molar-refractivity contribution in [2.24, 2.45) is 5.92 Å². The van der Waals surface area contributed by atoms with E-state index in [2.05, 4.69) is 0 Å². The Kier molecular flexibility index (Phi) is 6.17. The van der Waals surface area contributed by atoms with Gasteiger partial charge in [-0.3, -0.25) is 9.59 Å². The summed E-state index contributed by atoms with van der Waals surface area (Å²) in [6, 6.07) is 8.57. The molecule has 0 saturated carbocycles. The van der Waals surface area contributed by atoms with Crippen LogP contribution in [0.1, 0.15) is 33.3 Å². The molecular weight excluding hydrogens is 320 g/mol.